The molecule has 0 radical (unpaired) electrons. The smallest absolute Gasteiger partial charge is 0.193 e. The van der Waals surface area contributed by atoms with Gasteiger partial charge in [0, 0.05) is 45.6 Å². The molecule has 0 atom stereocenters. The van der Waals surface area contributed by atoms with E-state index in [1.165, 1.54) is 12.8 Å². The topological polar surface area (TPSA) is 49.8 Å². The number of nitrogens with one attached hydrogen (secondary N) is 1. The van der Waals surface area contributed by atoms with Gasteiger partial charge in [0.2, 0.25) is 0 Å². The molecule has 1 aromatic heterocycles. The Balaban J connectivity index is 0.00000242. The summed E-state index contributed by atoms with van der Waals surface area (Å²) in [4.78, 5) is 10.9. The number of aromatic nitrogens is 1. The summed E-state index contributed by atoms with van der Waals surface area (Å²) >= 11 is 1.70. The van der Waals surface area contributed by atoms with Crippen LogP contribution in [0.25, 0.3) is 0 Å². The maximum absolute atomic E-state index is 5.67. The third-order valence-corrected chi connectivity index (χ3v) is 4.35. The van der Waals surface area contributed by atoms with E-state index in [9.17, 15) is 0 Å². The van der Waals surface area contributed by atoms with Crippen LogP contribution in [0.4, 0.5) is 0 Å². The highest BCUT2D eigenvalue weighted by Crippen LogP contribution is 2.28. The van der Waals surface area contributed by atoms with E-state index in [0.29, 0.717) is 0 Å². The predicted octanol–water partition coefficient (Wildman–Crippen LogP) is 2.55. The van der Waals surface area contributed by atoms with Gasteiger partial charge in [-0.25, -0.2) is 4.98 Å². The second-order valence-corrected chi connectivity index (χ2v) is 6.58. The van der Waals surface area contributed by atoms with Crippen molar-refractivity contribution >= 4 is 41.3 Å². The Hall–Kier alpha value is -0.410. The highest BCUT2D eigenvalue weighted by atomic mass is 127. The van der Waals surface area contributed by atoms with Gasteiger partial charge in [0.05, 0.1) is 17.3 Å². The molecule has 1 heterocycles. The predicted molar refractivity (Wildman–Crippen MR) is 104 cm³/mol. The number of aliphatic imine (C=N–C) groups is 1. The van der Waals surface area contributed by atoms with Gasteiger partial charge in [-0.15, -0.1) is 35.3 Å². The minimum atomic E-state index is 0. The van der Waals surface area contributed by atoms with Crippen molar-refractivity contribution < 1.29 is 4.74 Å². The molecule has 0 bridgehead atoms. The Morgan fingerprint density at radius 3 is 2.91 bits per heavy atom. The summed E-state index contributed by atoms with van der Waals surface area (Å²) in [6, 6.07) is 0. The van der Waals surface area contributed by atoms with E-state index in [1.54, 1.807) is 11.3 Å². The molecule has 1 fully saturated rings. The Bertz CT molecular complexity index is 462. The minimum absolute atomic E-state index is 0. The molecule has 1 N–H and O–H groups in total. The van der Waals surface area contributed by atoms with Crippen molar-refractivity contribution in [1.29, 1.82) is 0 Å². The summed E-state index contributed by atoms with van der Waals surface area (Å²) < 4.78 is 5.67. The molecule has 0 aliphatic heterocycles. The van der Waals surface area contributed by atoms with Crippen LogP contribution >= 0.6 is 35.3 Å². The van der Waals surface area contributed by atoms with E-state index in [0.717, 1.165) is 55.3 Å². The van der Waals surface area contributed by atoms with Crippen LogP contribution in [0.15, 0.2) is 10.4 Å². The monoisotopic (exact) mass is 438 g/mol. The Kier molecular flexibility index (Phi) is 9.27. The molecule has 2 rings (SSSR count). The third-order valence-electron chi connectivity index (χ3n) is 3.53. The average Bonchev–Trinajstić information content (AvgIpc) is 3.21. The first-order chi connectivity index (χ1) is 10.2. The van der Waals surface area contributed by atoms with E-state index >= 15 is 0 Å². The Morgan fingerprint density at radius 1 is 1.55 bits per heavy atom. The van der Waals surface area contributed by atoms with Crippen LogP contribution in [0.5, 0.6) is 0 Å². The van der Waals surface area contributed by atoms with Gasteiger partial charge in [0.1, 0.15) is 0 Å². The number of nitrogens with zero attached hydrogens (tertiary/aromatic N) is 3. The summed E-state index contributed by atoms with van der Waals surface area (Å²) in [6.45, 7) is 5.43. The first-order valence-electron chi connectivity index (χ1n) is 7.59. The van der Waals surface area contributed by atoms with Gasteiger partial charge >= 0.3 is 0 Å². The molecule has 1 aliphatic carbocycles. The quantitative estimate of drug-likeness (QED) is 0.293. The molecular formula is C15H27IN4OS. The zero-order valence-electron chi connectivity index (χ0n) is 13.7. The molecule has 0 amide bonds. The second kappa shape index (κ2) is 10.4. The maximum atomic E-state index is 5.67. The van der Waals surface area contributed by atoms with E-state index in [1.807, 2.05) is 21.0 Å². The van der Waals surface area contributed by atoms with Crippen molar-refractivity contribution in [1.82, 2.24) is 15.2 Å². The van der Waals surface area contributed by atoms with Crippen LogP contribution in [0, 0.1) is 12.8 Å². The molecule has 22 heavy (non-hydrogen) atoms. The summed E-state index contributed by atoms with van der Waals surface area (Å²) in [5.41, 5.74) is 1.15. The number of hydrogen-bond acceptors (Lipinski definition) is 4. The van der Waals surface area contributed by atoms with Crippen LogP contribution in [-0.4, -0.2) is 56.2 Å². The van der Waals surface area contributed by atoms with Gasteiger partial charge in [0.25, 0.3) is 0 Å². The largest absolute Gasteiger partial charge is 0.379 e. The first-order valence-corrected chi connectivity index (χ1v) is 8.47. The fourth-order valence-corrected chi connectivity index (χ4v) is 2.70. The van der Waals surface area contributed by atoms with Crippen molar-refractivity contribution in [2.75, 3.05) is 40.4 Å². The lowest BCUT2D eigenvalue weighted by Gasteiger charge is -2.21. The maximum Gasteiger partial charge on any atom is 0.193 e. The SMILES string of the molecule is CN=C(NCCc1csc(C)n1)N(C)CCOCC1CC1.I. The molecule has 7 heteroatoms. The molecule has 0 spiro atoms. The van der Waals surface area contributed by atoms with Gasteiger partial charge in [-0.3, -0.25) is 4.99 Å². The van der Waals surface area contributed by atoms with Gasteiger partial charge in [-0.1, -0.05) is 0 Å². The number of hydrogen-bond donors (Lipinski definition) is 1. The number of guanidine groups is 1. The van der Waals surface area contributed by atoms with Gasteiger partial charge < -0.3 is 15.0 Å². The van der Waals surface area contributed by atoms with Crippen LogP contribution in [0.2, 0.25) is 0 Å². The molecular weight excluding hydrogens is 411 g/mol. The van der Waals surface area contributed by atoms with Crippen molar-refractivity contribution in [2.24, 2.45) is 10.9 Å². The standard InChI is InChI=1S/C15H26N4OS.HI/c1-12-18-14(11-21-12)6-7-17-15(16-2)19(3)8-9-20-10-13-4-5-13;/h11,13H,4-10H2,1-3H3,(H,16,17);1H. The molecule has 0 saturated heterocycles. The van der Waals surface area contributed by atoms with Gasteiger partial charge in [-0.2, -0.15) is 0 Å². The van der Waals surface area contributed by atoms with Crippen molar-refractivity contribution in [3.8, 4) is 0 Å². The van der Waals surface area contributed by atoms with Crippen LogP contribution in [0.3, 0.4) is 0 Å². The van der Waals surface area contributed by atoms with E-state index in [-0.39, 0.29) is 24.0 Å². The zero-order chi connectivity index (χ0) is 15.1. The number of halogens is 1. The number of likely N-dealkylation sites (N-methyl/N-ethyl adjacent to an activating group) is 1. The van der Waals surface area contributed by atoms with E-state index < -0.39 is 0 Å². The zero-order valence-corrected chi connectivity index (χ0v) is 16.8. The second-order valence-electron chi connectivity index (χ2n) is 5.52. The number of aryl methyl sites for hydroxylation is 1. The average molecular weight is 438 g/mol. The summed E-state index contributed by atoms with van der Waals surface area (Å²) in [5.74, 6) is 1.74. The fraction of sp³-hybridized carbons (Fsp3) is 0.733. The van der Waals surface area contributed by atoms with Crippen LogP contribution in [-0.2, 0) is 11.2 Å². The van der Waals surface area contributed by atoms with Crippen molar-refractivity contribution in [3.05, 3.63) is 16.1 Å². The lowest BCUT2D eigenvalue weighted by atomic mass is 10.3. The van der Waals surface area contributed by atoms with Gasteiger partial charge in [-0.05, 0) is 25.7 Å². The Morgan fingerprint density at radius 2 is 2.32 bits per heavy atom. The number of ether oxygens (including phenoxy) is 1. The lowest BCUT2D eigenvalue weighted by molar-refractivity contribution is 0.115. The number of rotatable bonds is 8. The first kappa shape index (κ1) is 19.6. The van der Waals surface area contributed by atoms with Crippen LogP contribution < -0.4 is 5.32 Å². The summed E-state index contributed by atoms with van der Waals surface area (Å²) in [6.07, 6.45) is 3.61. The summed E-state index contributed by atoms with van der Waals surface area (Å²) in [5, 5.41) is 6.62. The van der Waals surface area contributed by atoms with E-state index in [4.69, 9.17) is 4.74 Å². The van der Waals surface area contributed by atoms with Crippen LogP contribution in [0.1, 0.15) is 23.5 Å². The highest BCUT2D eigenvalue weighted by Gasteiger charge is 2.21. The molecule has 0 aromatic carbocycles. The normalized spacial score (nSPS) is 14.6. The fourth-order valence-electron chi connectivity index (χ4n) is 2.05. The number of thiazole rings is 1. The third kappa shape index (κ3) is 7.23. The minimum Gasteiger partial charge on any atom is -0.379 e. The molecule has 0 unspecified atom stereocenters. The molecule has 126 valence electrons. The molecule has 1 aromatic rings. The lowest BCUT2D eigenvalue weighted by Crippen LogP contribution is -2.41. The van der Waals surface area contributed by atoms with Gasteiger partial charge in [0.15, 0.2) is 5.96 Å². The Labute approximate surface area is 154 Å². The van der Waals surface area contributed by atoms with Crippen molar-refractivity contribution in [2.45, 2.75) is 26.2 Å². The highest BCUT2D eigenvalue weighted by molar-refractivity contribution is 14.0. The van der Waals surface area contributed by atoms with E-state index in [2.05, 4.69) is 25.6 Å². The molecule has 1 saturated carbocycles. The van der Waals surface area contributed by atoms with Crippen molar-refractivity contribution in [3.63, 3.8) is 0 Å². The molecule has 1 aliphatic rings. The summed E-state index contributed by atoms with van der Waals surface area (Å²) in [7, 11) is 3.86. The molecule has 5 nitrogen and oxygen atoms in total.